The lowest BCUT2D eigenvalue weighted by Crippen LogP contribution is -2.61. The Morgan fingerprint density at radius 3 is 2.64 bits per heavy atom. The molecular weight excluding hydrogens is 360 g/mol. The second kappa shape index (κ2) is 8.55. The molecule has 2 aliphatic heterocycles. The van der Waals surface area contributed by atoms with Crippen LogP contribution in [0.5, 0.6) is 0 Å². The molecule has 9 heteroatoms. The number of carboxylic acids is 1. The summed E-state index contributed by atoms with van der Waals surface area (Å²) in [5.41, 5.74) is -0.567. The van der Waals surface area contributed by atoms with Crippen molar-refractivity contribution >= 4 is 41.0 Å². The standard InChI is InChI=1S/C16H28N4O3S2/c1-11(2)17-15(24)19-7-5-16(6-8-19)18-12(4-9-25-3)14(23)20(16)10-13(21)22/h11-12,18H,4-10H2,1-3H3,(H,17,24)(H,21,22). The number of nitrogens with zero attached hydrogens (tertiary/aromatic N) is 2. The maximum atomic E-state index is 12.7. The Bertz CT molecular complexity index is 522. The van der Waals surface area contributed by atoms with E-state index in [1.807, 2.05) is 20.1 Å². The first-order valence-electron chi connectivity index (χ1n) is 8.64. The number of nitrogens with one attached hydrogen (secondary N) is 2. The monoisotopic (exact) mass is 388 g/mol. The highest BCUT2D eigenvalue weighted by Crippen LogP contribution is 2.33. The molecule has 1 unspecified atom stereocenters. The van der Waals surface area contributed by atoms with Crippen LogP contribution in [0, 0.1) is 0 Å². The second-order valence-electron chi connectivity index (χ2n) is 6.92. The third kappa shape index (κ3) is 4.77. The Kier molecular flexibility index (Phi) is 6.93. The lowest BCUT2D eigenvalue weighted by atomic mass is 9.96. The van der Waals surface area contributed by atoms with E-state index in [-0.39, 0.29) is 24.5 Å². The fraction of sp³-hybridized carbons (Fsp3) is 0.812. The van der Waals surface area contributed by atoms with Crippen LogP contribution in [-0.4, -0.2) is 81.3 Å². The Balaban J connectivity index is 2.08. The minimum absolute atomic E-state index is 0.0900. The first-order valence-corrected chi connectivity index (χ1v) is 10.4. The maximum Gasteiger partial charge on any atom is 0.323 e. The molecule has 2 saturated heterocycles. The SMILES string of the molecule is CSCCC1NC2(CCN(C(=S)NC(C)C)CC2)N(CC(=O)O)C1=O. The zero-order valence-electron chi connectivity index (χ0n) is 15.1. The summed E-state index contributed by atoms with van der Waals surface area (Å²) >= 11 is 7.12. The summed E-state index contributed by atoms with van der Waals surface area (Å²) in [6.07, 6.45) is 4.06. The molecule has 0 radical (unpaired) electrons. The lowest BCUT2D eigenvalue weighted by Gasteiger charge is -2.45. The number of hydrogen-bond acceptors (Lipinski definition) is 5. The Hall–Kier alpha value is -1.06. The number of aliphatic carboxylic acids is 1. The number of carbonyl (C=O) groups excluding carboxylic acids is 1. The van der Waals surface area contributed by atoms with Gasteiger partial charge in [0.15, 0.2) is 5.11 Å². The van der Waals surface area contributed by atoms with Gasteiger partial charge in [0.2, 0.25) is 5.91 Å². The van der Waals surface area contributed by atoms with Gasteiger partial charge in [0.1, 0.15) is 6.54 Å². The van der Waals surface area contributed by atoms with E-state index < -0.39 is 11.6 Å². The van der Waals surface area contributed by atoms with Crippen LogP contribution in [-0.2, 0) is 9.59 Å². The van der Waals surface area contributed by atoms with Gasteiger partial charge in [-0.05, 0) is 44.5 Å². The van der Waals surface area contributed by atoms with Gasteiger partial charge in [0, 0.05) is 32.0 Å². The molecule has 2 fully saturated rings. The topological polar surface area (TPSA) is 84.9 Å². The molecule has 1 atom stereocenters. The van der Waals surface area contributed by atoms with Gasteiger partial charge in [0.05, 0.1) is 11.7 Å². The van der Waals surface area contributed by atoms with E-state index in [2.05, 4.69) is 15.5 Å². The zero-order valence-corrected chi connectivity index (χ0v) is 16.7. The molecule has 3 N–H and O–H groups in total. The average molecular weight is 389 g/mol. The summed E-state index contributed by atoms with van der Waals surface area (Å²) < 4.78 is 0. The van der Waals surface area contributed by atoms with E-state index in [1.165, 1.54) is 4.90 Å². The highest BCUT2D eigenvalue weighted by Gasteiger charge is 2.51. The minimum atomic E-state index is -0.973. The summed E-state index contributed by atoms with van der Waals surface area (Å²) in [5.74, 6) is -0.193. The van der Waals surface area contributed by atoms with E-state index in [0.717, 1.165) is 17.3 Å². The van der Waals surface area contributed by atoms with Crippen LogP contribution in [0.4, 0.5) is 0 Å². The number of thiocarbonyl (C=S) groups is 1. The van der Waals surface area contributed by atoms with Crippen LogP contribution in [0.1, 0.15) is 33.1 Å². The molecule has 0 aromatic carbocycles. The zero-order chi connectivity index (χ0) is 18.6. The van der Waals surface area contributed by atoms with Gasteiger partial charge in [-0.2, -0.15) is 11.8 Å². The molecule has 142 valence electrons. The number of thioether (sulfide) groups is 1. The molecule has 0 aromatic heterocycles. The van der Waals surface area contributed by atoms with Crippen LogP contribution >= 0.6 is 24.0 Å². The fourth-order valence-electron chi connectivity index (χ4n) is 3.49. The van der Waals surface area contributed by atoms with Crippen molar-refractivity contribution in [3.8, 4) is 0 Å². The van der Waals surface area contributed by atoms with Gasteiger partial charge in [-0.1, -0.05) is 0 Å². The molecule has 2 aliphatic rings. The highest BCUT2D eigenvalue weighted by molar-refractivity contribution is 7.98. The molecule has 0 bridgehead atoms. The second-order valence-corrected chi connectivity index (χ2v) is 8.29. The summed E-state index contributed by atoms with van der Waals surface area (Å²) in [4.78, 5) is 27.6. The summed E-state index contributed by atoms with van der Waals surface area (Å²) in [6.45, 7) is 5.23. The van der Waals surface area contributed by atoms with Crippen LogP contribution in [0.15, 0.2) is 0 Å². The third-order valence-corrected chi connectivity index (χ3v) is 5.74. The Morgan fingerprint density at radius 2 is 2.12 bits per heavy atom. The first kappa shape index (κ1) is 20.3. The van der Waals surface area contributed by atoms with Gasteiger partial charge in [-0.25, -0.2) is 0 Å². The molecule has 0 aliphatic carbocycles. The van der Waals surface area contributed by atoms with Crippen molar-refractivity contribution in [1.29, 1.82) is 0 Å². The fourth-order valence-corrected chi connectivity index (χ4v) is 4.38. The van der Waals surface area contributed by atoms with Gasteiger partial charge in [-0.3, -0.25) is 14.9 Å². The van der Waals surface area contributed by atoms with Crippen molar-refractivity contribution < 1.29 is 14.7 Å². The van der Waals surface area contributed by atoms with E-state index in [1.54, 1.807) is 11.8 Å². The van der Waals surface area contributed by atoms with Gasteiger partial charge >= 0.3 is 5.97 Å². The number of carboxylic acid groups (broad SMARTS) is 1. The lowest BCUT2D eigenvalue weighted by molar-refractivity contribution is -0.147. The van der Waals surface area contributed by atoms with Crippen molar-refractivity contribution in [3.05, 3.63) is 0 Å². The largest absolute Gasteiger partial charge is 0.480 e. The van der Waals surface area contributed by atoms with Crippen molar-refractivity contribution in [3.63, 3.8) is 0 Å². The molecular formula is C16H28N4O3S2. The summed E-state index contributed by atoms with van der Waals surface area (Å²) in [6, 6.07) is -0.0203. The number of hydrogen-bond donors (Lipinski definition) is 3. The smallest absolute Gasteiger partial charge is 0.323 e. The minimum Gasteiger partial charge on any atom is -0.480 e. The predicted molar refractivity (Wildman–Crippen MR) is 104 cm³/mol. The van der Waals surface area contributed by atoms with Crippen LogP contribution < -0.4 is 10.6 Å². The maximum absolute atomic E-state index is 12.7. The van der Waals surface area contributed by atoms with E-state index >= 15 is 0 Å². The van der Waals surface area contributed by atoms with Crippen molar-refractivity contribution in [2.24, 2.45) is 0 Å². The third-order valence-electron chi connectivity index (χ3n) is 4.72. The molecule has 2 heterocycles. The Labute approximate surface area is 158 Å². The molecule has 7 nitrogen and oxygen atoms in total. The number of amides is 1. The van der Waals surface area contributed by atoms with Crippen LogP contribution in [0.3, 0.4) is 0 Å². The van der Waals surface area contributed by atoms with Crippen molar-refractivity contribution in [2.45, 2.75) is 50.9 Å². The molecule has 25 heavy (non-hydrogen) atoms. The predicted octanol–water partition coefficient (Wildman–Crippen LogP) is 0.700. The van der Waals surface area contributed by atoms with Crippen molar-refractivity contribution in [1.82, 2.24) is 20.4 Å². The van der Waals surface area contributed by atoms with Crippen LogP contribution in [0.25, 0.3) is 0 Å². The van der Waals surface area contributed by atoms with Crippen molar-refractivity contribution in [2.75, 3.05) is 31.6 Å². The number of rotatable bonds is 6. The van der Waals surface area contributed by atoms with Gasteiger partial charge in [-0.15, -0.1) is 0 Å². The Morgan fingerprint density at radius 1 is 1.48 bits per heavy atom. The summed E-state index contributed by atoms with van der Waals surface area (Å²) in [5, 5.41) is 16.7. The van der Waals surface area contributed by atoms with E-state index in [0.29, 0.717) is 25.9 Å². The molecule has 2 rings (SSSR count). The van der Waals surface area contributed by atoms with Crippen LogP contribution in [0.2, 0.25) is 0 Å². The molecule has 1 spiro atoms. The molecule has 0 saturated carbocycles. The molecule has 1 amide bonds. The van der Waals surface area contributed by atoms with Gasteiger partial charge < -0.3 is 20.2 Å². The quantitative estimate of drug-likeness (QED) is 0.574. The average Bonchev–Trinajstić information content (AvgIpc) is 2.78. The molecule has 0 aromatic rings. The van der Waals surface area contributed by atoms with E-state index in [9.17, 15) is 14.7 Å². The van der Waals surface area contributed by atoms with E-state index in [4.69, 9.17) is 12.2 Å². The summed E-state index contributed by atoms with van der Waals surface area (Å²) in [7, 11) is 0. The number of likely N-dealkylation sites (tertiary alicyclic amines) is 1. The number of carbonyl (C=O) groups is 2. The highest BCUT2D eigenvalue weighted by atomic mass is 32.2. The number of piperidine rings is 1. The normalized spacial score (nSPS) is 22.7. The first-order chi connectivity index (χ1) is 11.8. The van der Waals surface area contributed by atoms with Gasteiger partial charge in [0.25, 0.3) is 0 Å².